The van der Waals surface area contributed by atoms with Crippen molar-refractivity contribution in [1.82, 2.24) is 4.40 Å². The summed E-state index contributed by atoms with van der Waals surface area (Å²) in [6, 6.07) is 3.69. The molecule has 1 N–H and O–H groups in total. The largest absolute Gasteiger partial charge is 0.480 e. The summed E-state index contributed by atoms with van der Waals surface area (Å²) in [6.45, 7) is 1.74. The van der Waals surface area contributed by atoms with Gasteiger partial charge in [-0.15, -0.1) is 0 Å². The van der Waals surface area contributed by atoms with Crippen molar-refractivity contribution < 1.29 is 19.4 Å². The lowest BCUT2D eigenvalue weighted by Crippen LogP contribution is -2.10. The first-order chi connectivity index (χ1) is 13.2. The van der Waals surface area contributed by atoms with Gasteiger partial charge >= 0.3 is 5.97 Å². The summed E-state index contributed by atoms with van der Waals surface area (Å²) in [5.74, 6) is 0.206. The van der Waals surface area contributed by atoms with Crippen LogP contribution in [0, 0.1) is 5.92 Å². The standard InChI is InChI=1S/C22H29NO4/c1-2-17-18(11-13-24)22-20(27-15-21(25)26)10-7-12-23(22)19(17)14-16-8-5-3-4-6-9-16/h7,10,12-13,16H,2-6,8-9,11,14-15H2,1H3,(H,25,26). The normalized spacial score (nSPS) is 15.6. The molecule has 1 aliphatic carbocycles. The topological polar surface area (TPSA) is 68.0 Å². The van der Waals surface area contributed by atoms with Crippen LogP contribution in [-0.2, 0) is 28.9 Å². The minimum Gasteiger partial charge on any atom is -0.480 e. The van der Waals surface area contributed by atoms with Gasteiger partial charge in [0.15, 0.2) is 6.61 Å². The number of carboxylic acid groups (broad SMARTS) is 1. The number of aldehydes is 1. The molecular weight excluding hydrogens is 342 g/mol. The van der Waals surface area contributed by atoms with Gasteiger partial charge in [0, 0.05) is 18.3 Å². The second kappa shape index (κ2) is 9.07. The Morgan fingerprint density at radius 3 is 2.63 bits per heavy atom. The van der Waals surface area contributed by atoms with Gasteiger partial charge in [0.05, 0.1) is 5.52 Å². The monoisotopic (exact) mass is 371 g/mol. The van der Waals surface area contributed by atoms with Crippen molar-refractivity contribution in [2.24, 2.45) is 5.92 Å². The zero-order valence-electron chi connectivity index (χ0n) is 16.1. The Hall–Kier alpha value is -2.30. The number of aromatic nitrogens is 1. The van der Waals surface area contributed by atoms with Crippen molar-refractivity contribution in [1.29, 1.82) is 0 Å². The molecule has 1 aliphatic rings. The van der Waals surface area contributed by atoms with Crippen LogP contribution in [0.1, 0.15) is 62.3 Å². The average Bonchev–Trinajstić information content (AvgIpc) is 2.80. The zero-order chi connectivity index (χ0) is 19.2. The number of carbonyl (C=O) groups excluding carboxylic acids is 1. The Morgan fingerprint density at radius 2 is 2.00 bits per heavy atom. The van der Waals surface area contributed by atoms with E-state index in [1.54, 1.807) is 6.07 Å². The summed E-state index contributed by atoms with van der Waals surface area (Å²) in [6.07, 6.45) is 12.9. The highest BCUT2D eigenvalue weighted by Gasteiger charge is 2.23. The molecule has 0 radical (unpaired) electrons. The number of rotatable bonds is 8. The molecule has 5 nitrogen and oxygen atoms in total. The third-order valence-electron chi connectivity index (χ3n) is 5.70. The average molecular weight is 371 g/mol. The maximum Gasteiger partial charge on any atom is 0.341 e. The number of hydrogen-bond acceptors (Lipinski definition) is 3. The van der Waals surface area contributed by atoms with Gasteiger partial charge in [-0.25, -0.2) is 4.79 Å². The molecule has 0 aliphatic heterocycles. The number of fused-ring (bicyclic) bond motifs is 1. The fraction of sp³-hybridized carbons (Fsp3) is 0.545. The third kappa shape index (κ3) is 4.34. The molecule has 0 bridgehead atoms. The van der Waals surface area contributed by atoms with Gasteiger partial charge in [-0.3, -0.25) is 0 Å². The van der Waals surface area contributed by atoms with Gasteiger partial charge in [0.2, 0.25) is 0 Å². The van der Waals surface area contributed by atoms with Gasteiger partial charge in [-0.1, -0.05) is 45.4 Å². The number of nitrogens with zero attached hydrogens (tertiary/aromatic N) is 1. The first kappa shape index (κ1) is 19.5. The van der Waals surface area contributed by atoms with Crippen LogP contribution in [-0.4, -0.2) is 28.4 Å². The zero-order valence-corrected chi connectivity index (χ0v) is 16.1. The number of carboxylic acids is 1. The van der Waals surface area contributed by atoms with Crippen LogP contribution in [0.4, 0.5) is 0 Å². The Kier molecular flexibility index (Phi) is 6.54. The van der Waals surface area contributed by atoms with Crippen LogP contribution < -0.4 is 4.74 Å². The predicted molar refractivity (Wildman–Crippen MR) is 105 cm³/mol. The number of hydrogen-bond donors (Lipinski definition) is 1. The van der Waals surface area contributed by atoms with Crippen molar-refractivity contribution in [3.8, 4) is 5.75 Å². The second-order valence-electron chi connectivity index (χ2n) is 7.46. The van der Waals surface area contributed by atoms with Crippen molar-refractivity contribution in [3.05, 3.63) is 35.2 Å². The van der Waals surface area contributed by atoms with E-state index in [9.17, 15) is 9.59 Å². The second-order valence-corrected chi connectivity index (χ2v) is 7.46. The third-order valence-corrected chi connectivity index (χ3v) is 5.70. The molecular formula is C22H29NO4. The molecule has 1 fully saturated rings. The summed E-state index contributed by atoms with van der Waals surface area (Å²) in [7, 11) is 0. The van der Waals surface area contributed by atoms with Crippen LogP contribution in [0.3, 0.4) is 0 Å². The molecule has 146 valence electrons. The number of ether oxygens (including phenoxy) is 1. The lowest BCUT2D eigenvalue weighted by molar-refractivity contribution is -0.139. The van der Waals surface area contributed by atoms with Gasteiger partial charge in [0.1, 0.15) is 12.0 Å². The van der Waals surface area contributed by atoms with Crippen molar-refractivity contribution in [2.45, 2.75) is 64.7 Å². The van der Waals surface area contributed by atoms with Crippen molar-refractivity contribution in [2.75, 3.05) is 6.61 Å². The van der Waals surface area contributed by atoms with Crippen LogP contribution in [0.25, 0.3) is 5.52 Å². The van der Waals surface area contributed by atoms with E-state index in [-0.39, 0.29) is 6.61 Å². The van der Waals surface area contributed by atoms with E-state index >= 15 is 0 Å². The first-order valence-corrected chi connectivity index (χ1v) is 10.1. The molecule has 2 heterocycles. The van der Waals surface area contributed by atoms with E-state index in [1.165, 1.54) is 49.8 Å². The minimum atomic E-state index is -1.00. The SMILES string of the molecule is CCc1c(CC=O)c2c(OCC(=O)O)cccn2c1CC1CCCCCC1. The Labute approximate surface area is 160 Å². The molecule has 27 heavy (non-hydrogen) atoms. The summed E-state index contributed by atoms with van der Waals surface area (Å²) in [4.78, 5) is 22.3. The van der Waals surface area contributed by atoms with Crippen LogP contribution >= 0.6 is 0 Å². The van der Waals surface area contributed by atoms with Gasteiger partial charge < -0.3 is 19.0 Å². The Balaban J connectivity index is 2.06. The van der Waals surface area contributed by atoms with Crippen molar-refractivity contribution >= 4 is 17.8 Å². The maximum absolute atomic E-state index is 11.4. The molecule has 0 amide bonds. The number of carbonyl (C=O) groups is 2. The van der Waals surface area contributed by atoms with Crippen molar-refractivity contribution in [3.63, 3.8) is 0 Å². The molecule has 0 unspecified atom stereocenters. The summed E-state index contributed by atoms with van der Waals surface area (Å²) in [5.41, 5.74) is 4.32. The van der Waals surface area contributed by atoms with Crippen LogP contribution in [0.15, 0.2) is 18.3 Å². The molecule has 2 aromatic rings. The molecule has 3 rings (SSSR count). The molecule has 0 aromatic carbocycles. The summed E-state index contributed by atoms with van der Waals surface area (Å²) < 4.78 is 7.69. The number of aliphatic carboxylic acids is 1. The van der Waals surface area contributed by atoms with E-state index in [4.69, 9.17) is 9.84 Å². The van der Waals surface area contributed by atoms with Crippen LogP contribution in [0.5, 0.6) is 5.75 Å². The molecule has 0 atom stereocenters. The lowest BCUT2D eigenvalue weighted by Gasteiger charge is -2.16. The van der Waals surface area contributed by atoms with E-state index in [1.807, 2.05) is 12.3 Å². The molecule has 0 saturated heterocycles. The molecule has 2 aromatic heterocycles. The molecule has 0 spiro atoms. The Morgan fingerprint density at radius 1 is 1.26 bits per heavy atom. The van der Waals surface area contributed by atoms with E-state index in [0.29, 0.717) is 18.1 Å². The fourth-order valence-electron chi connectivity index (χ4n) is 4.51. The van der Waals surface area contributed by atoms with E-state index < -0.39 is 5.97 Å². The summed E-state index contributed by atoms with van der Waals surface area (Å²) in [5, 5.41) is 8.98. The molecule has 1 saturated carbocycles. The lowest BCUT2D eigenvalue weighted by atomic mass is 9.92. The smallest absolute Gasteiger partial charge is 0.341 e. The van der Waals surface area contributed by atoms with Gasteiger partial charge in [0.25, 0.3) is 0 Å². The fourth-order valence-corrected chi connectivity index (χ4v) is 4.51. The van der Waals surface area contributed by atoms with E-state index in [0.717, 1.165) is 30.2 Å². The first-order valence-electron chi connectivity index (χ1n) is 10.1. The highest BCUT2D eigenvalue weighted by molar-refractivity contribution is 5.76. The quantitative estimate of drug-likeness (QED) is 0.557. The molecule has 5 heteroatoms. The Bertz CT molecular complexity index is 800. The predicted octanol–water partition coefficient (Wildman–Crippen LogP) is 4.22. The van der Waals surface area contributed by atoms with E-state index in [2.05, 4.69) is 11.3 Å². The maximum atomic E-state index is 11.4. The summed E-state index contributed by atoms with van der Waals surface area (Å²) >= 11 is 0. The highest BCUT2D eigenvalue weighted by atomic mass is 16.5. The van der Waals surface area contributed by atoms with Crippen LogP contribution in [0.2, 0.25) is 0 Å². The van der Waals surface area contributed by atoms with Gasteiger partial charge in [-0.05, 0) is 42.0 Å². The van der Waals surface area contributed by atoms with Gasteiger partial charge in [-0.2, -0.15) is 0 Å². The number of pyridine rings is 1. The minimum absolute atomic E-state index is 0.324. The highest BCUT2D eigenvalue weighted by Crippen LogP contribution is 2.35.